The predicted octanol–water partition coefficient (Wildman–Crippen LogP) is 3.19. The van der Waals surface area contributed by atoms with Gasteiger partial charge in [0.15, 0.2) is 5.96 Å². The van der Waals surface area contributed by atoms with Gasteiger partial charge in [-0.15, -0.1) is 24.0 Å². The van der Waals surface area contributed by atoms with Crippen molar-refractivity contribution in [2.75, 3.05) is 20.2 Å². The molecule has 7 nitrogen and oxygen atoms in total. The molecule has 3 rings (SSSR count). The molecule has 29 heavy (non-hydrogen) atoms. The van der Waals surface area contributed by atoms with Crippen LogP contribution in [0.25, 0.3) is 5.69 Å². The Labute approximate surface area is 188 Å². The molecular weight excluding hydrogens is 479 g/mol. The standard InChI is InChI=1S/C21H26N6O.HI/c1-3-28-20-15-18(10-12-23-20)16-25-21(22-2)24-13-9-17-5-7-19(8-6-17)27-14-4-11-26-27;/h4-8,10-12,14-15H,3,9,13,16H2,1-2H3,(H2,22,24,25);1H. The summed E-state index contributed by atoms with van der Waals surface area (Å²) in [6.07, 6.45) is 6.38. The summed E-state index contributed by atoms with van der Waals surface area (Å²) in [7, 11) is 1.77. The van der Waals surface area contributed by atoms with Crippen molar-refractivity contribution < 1.29 is 4.74 Å². The van der Waals surface area contributed by atoms with E-state index in [1.165, 1.54) is 5.56 Å². The minimum absolute atomic E-state index is 0. The minimum atomic E-state index is 0. The van der Waals surface area contributed by atoms with Crippen molar-refractivity contribution in [2.45, 2.75) is 19.9 Å². The maximum Gasteiger partial charge on any atom is 0.213 e. The first-order chi connectivity index (χ1) is 13.8. The summed E-state index contributed by atoms with van der Waals surface area (Å²) in [6.45, 7) is 4.00. The van der Waals surface area contributed by atoms with Crippen LogP contribution in [0.5, 0.6) is 5.88 Å². The molecule has 1 aromatic carbocycles. The lowest BCUT2D eigenvalue weighted by Gasteiger charge is -2.12. The van der Waals surface area contributed by atoms with Gasteiger partial charge in [-0.3, -0.25) is 4.99 Å². The van der Waals surface area contributed by atoms with Crippen LogP contribution >= 0.6 is 24.0 Å². The summed E-state index contributed by atoms with van der Waals surface area (Å²) >= 11 is 0. The SMILES string of the molecule is CCOc1cc(CNC(=NC)NCCc2ccc(-n3cccn3)cc2)ccn1.I. The average molecular weight is 506 g/mol. The first kappa shape index (κ1) is 22.7. The molecular formula is C21H27IN6O. The van der Waals surface area contributed by atoms with E-state index in [0.717, 1.165) is 30.2 Å². The summed E-state index contributed by atoms with van der Waals surface area (Å²) in [5, 5.41) is 10.9. The predicted molar refractivity (Wildman–Crippen MR) is 126 cm³/mol. The van der Waals surface area contributed by atoms with Gasteiger partial charge < -0.3 is 15.4 Å². The van der Waals surface area contributed by atoms with Crippen LogP contribution in [0.1, 0.15) is 18.1 Å². The Hall–Kier alpha value is -2.62. The summed E-state index contributed by atoms with van der Waals surface area (Å²) in [5.41, 5.74) is 3.41. The number of pyridine rings is 1. The number of rotatable bonds is 8. The molecule has 2 heterocycles. The fourth-order valence-electron chi connectivity index (χ4n) is 2.76. The molecule has 0 aliphatic heterocycles. The number of guanidine groups is 1. The zero-order valence-corrected chi connectivity index (χ0v) is 19.0. The molecule has 0 fully saturated rings. The van der Waals surface area contributed by atoms with Crippen molar-refractivity contribution in [1.29, 1.82) is 0 Å². The van der Waals surface area contributed by atoms with Gasteiger partial charge in [0.25, 0.3) is 0 Å². The average Bonchev–Trinajstić information content (AvgIpc) is 3.26. The van der Waals surface area contributed by atoms with Gasteiger partial charge in [-0.05, 0) is 48.7 Å². The number of hydrogen-bond acceptors (Lipinski definition) is 4. The molecule has 0 saturated heterocycles. The summed E-state index contributed by atoms with van der Waals surface area (Å²) < 4.78 is 7.29. The highest BCUT2D eigenvalue weighted by Gasteiger charge is 2.02. The number of ether oxygens (including phenoxy) is 1. The lowest BCUT2D eigenvalue weighted by molar-refractivity contribution is 0.326. The Balaban J connectivity index is 0.00000300. The topological polar surface area (TPSA) is 76.4 Å². The van der Waals surface area contributed by atoms with Crippen LogP contribution in [0, 0.1) is 0 Å². The monoisotopic (exact) mass is 506 g/mol. The second kappa shape index (κ2) is 12.1. The van der Waals surface area contributed by atoms with E-state index in [1.54, 1.807) is 19.4 Å². The summed E-state index contributed by atoms with van der Waals surface area (Å²) in [6, 6.07) is 14.2. The number of nitrogens with one attached hydrogen (secondary N) is 2. The van der Waals surface area contributed by atoms with Gasteiger partial charge in [0.2, 0.25) is 5.88 Å². The van der Waals surface area contributed by atoms with Crippen molar-refractivity contribution in [2.24, 2.45) is 4.99 Å². The number of aliphatic imine (C=N–C) groups is 1. The van der Waals surface area contributed by atoms with Crippen LogP contribution < -0.4 is 15.4 Å². The zero-order chi connectivity index (χ0) is 19.6. The molecule has 2 N–H and O–H groups in total. The molecule has 8 heteroatoms. The lowest BCUT2D eigenvalue weighted by Crippen LogP contribution is -2.37. The second-order valence-electron chi connectivity index (χ2n) is 6.15. The van der Waals surface area contributed by atoms with E-state index in [9.17, 15) is 0 Å². The Morgan fingerprint density at radius 1 is 1.10 bits per heavy atom. The van der Waals surface area contributed by atoms with Gasteiger partial charge in [0.05, 0.1) is 12.3 Å². The van der Waals surface area contributed by atoms with Crippen LogP contribution in [-0.4, -0.2) is 40.9 Å². The maximum absolute atomic E-state index is 5.44. The van der Waals surface area contributed by atoms with E-state index in [4.69, 9.17) is 4.74 Å². The van der Waals surface area contributed by atoms with Gasteiger partial charge in [-0.25, -0.2) is 9.67 Å². The Morgan fingerprint density at radius 3 is 2.62 bits per heavy atom. The fraction of sp³-hybridized carbons (Fsp3) is 0.286. The van der Waals surface area contributed by atoms with Gasteiger partial charge in [-0.2, -0.15) is 5.10 Å². The molecule has 3 aromatic rings. The van der Waals surface area contributed by atoms with Crippen LogP contribution in [0.3, 0.4) is 0 Å². The number of nitrogens with zero attached hydrogens (tertiary/aromatic N) is 4. The minimum Gasteiger partial charge on any atom is -0.478 e. The molecule has 0 atom stereocenters. The maximum atomic E-state index is 5.44. The molecule has 0 saturated carbocycles. The molecule has 0 radical (unpaired) electrons. The number of aromatic nitrogens is 3. The van der Waals surface area contributed by atoms with Gasteiger partial charge in [-0.1, -0.05) is 12.1 Å². The van der Waals surface area contributed by atoms with Crippen LogP contribution in [0.15, 0.2) is 66.0 Å². The molecule has 0 unspecified atom stereocenters. The van der Waals surface area contributed by atoms with E-state index < -0.39 is 0 Å². The van der Waals surface area contributed by atoms with Gasteiger partial charge >= 0.3 is 0 Å². The van der Waals surface area contributed by atoms with E-state index >= 15 is 0 Å². The molecule has 0 bridgehead atoms. The number of halogens is 1. The molecule has 0 amide bonds. The normalized spacial score (nSPS) is 10.9. The molecule has 2 aromatic heterocycles. The Kier molecular flexibility index (Phi) is 9.42. The van der Waals surface area contributed by atoms with E-state index in [1.807, 2.05) is 36.0 Å². The highest BCUT2D eigenvalue weighted by molar-refractivity contribution is 14.0. The fourth-order valence-corrected chi connectivity index (χ4v) is 2.76. The van der Waals surface area contributed by atoms with E-state index in [-0.39, 0.29) is 24.0 Å². The third-order valence-electron chi connectivity index (χ3n) is 4.19. The quantitative estimate of drug-likeness (QED) is 0.279. The highest BCUT2D eigenvalue weighted by atomic mass is 127. The van der Waals surface area contributed by atoms with Crippen LogP contribution in [0.4, 0.5) is 0 Å². The largest absolute Gasteiger partial charge is 0.478 e. The molecule has 154 valence electrons. The Bertz CT molecular complexity index is 880. The Morgan fingerprint density at radius 2 is 1.93 bits per heavy atom. The molecule has 0 aliphatic rings. The zero-order valence-electron chi connectivity index (χ0n) is 16.7. The van der Waals surface area contributed by atoms with Crippen LogP contribution in [-0.2, 0) is 13.0 Å². The van der Waals surface area contributed by atoms with Crippen LogP contribution in [0.2, 0.25) is 0 Å². The third kappa shape index (κ3) is 7.04. The third-order valence-corrected chi connectivity index (χ3v) is 4.19. The summed E-state index contributed by atoms with van der Waals surface area (Å²) in [5.74, 6) is 1.41. The van der Waals surface area contributed by atoms with E-state index in [2.05, 4.69) is 50.0 Å². The van der Waals surface area contributed by atoms with Gasteiger partial charge in [0, 0.05) is 44.8 Å². The smallest absolute Gasteiger partial charge is 0.213 e. The van der Waals surface area contributed by atoms with Crippen molar-refractivity contribution >= 4 is 29.9 Å². The molecule has 0 spiro atoms. The number of hydrogen-bond donors (Lipinski definition) is 2. The molecule has 0 aliphatic carbocycles. The van der Waals surface area contributed by atoms with Crippen molar-refractivity contribution in [3.8, 4) is 11.6 Å². The van der Waals surface area contributed by atoms with E-state index in [0.29, 0.717) is 19.0 Å². The second-order valence-corrected chi connectivity index (χ2v) is 6.15. The first-order valence-corrected chi connectivity index (χ1v) is 9.39. The van der Waals surface area contributed by atoms with Crippen molar-refractivity contribution in [1.82, 2.24) is 25.4 Å². The van der Waals surface area contributed by atoms with Crippen molar-refractivity contribution in [3.63, 3.8) is 0 Å². The lowest BCUT2D eigenvalue weighted by atomic mass is 10.1. The summed E-state index contributed by atoms with van der Waals surface area (Å²) in [4.78, 5) is 8.46. The first-order valence-electron chi connectivity index (χ1n) is 9.39. The number of benzene rings is 1. The highest BCUT2D eigenvalue weighted by Crippen LogP contribution is 2.10. The van der Waals surface area contributed by atoms with Crippen molar-refractivity contribution in [3.05, 3.63) is 72.2 Å². The van der Waals surface area contributed by atoms with Gasteiger partial charge in [0.1, 0.15) is 0 Å².